The van der Waals surface area contributed by atoms with Crippen molar-refractivity contribution < 1.29 is 14.7 Å². The minimum atomic E-state index is -0.978. The summed E-state index contributed by atoms with van der Waals surface area (Å²) in [5, 5.41) is 12.1. The molecule has 2 rings (SSSR count). The lowest BCUT2D eigenvalue weighted by atomic mass is 10.0. The van der Waals surface area contributed by atoms with E-state index in [-0.39, 0.29) is 16.5 Å². The van der Waals surface area contributed by atoms with E-state index in [1.54, 1.807) is 24.3 Å². The number of aromatic carboxylic acids is 1. The average molecular weight is 305 g/mol. The van der Waals surface area contributed by atoms with E-state index in [1.165, 1.54) is 18.5 Å². The molecule has 5 nitrogen and oxygen atoms in total. The number of carbonyl (C=O) groups is 2. The first-order valence-corrected chi connectivity index (χ1v) is 6.66. The number of hydrogen-bond donors (Lipinski definition) is 2. The average Bonchev–Trinajstić information content (AvgIpc) is 2.48. The van der Waals surface area contributed by atoms with Gasteiger partial charge in [-0.15, -0.1) is 0 Å². The number of nitrogens with zero attached hydrogens (tertiary/aromatic N) is 1. The van der Waals surface area contributed by atoms with E-state index in [4.69, 9.17) is 16.7 Å². The Labute approximate surface area is 126 Å². The molecule has 0 atom stereocenters. The summed E-state index contributed by atoms with van der Waals surface area (Å²) < 4.78 is 0. The van der Waals surface area contributed by atoms with Crippen LogP contribution in [0.2, 0.25) is 5.02 Å². The molecule has 6 heteroatoms. The molecule has 0 aliphatic heterocycles. The van der Waals surface area contributed by atoms with Crippen molar-refractivity contribution in [2.45, 2.75) is 6.42 Å². The number of amides is 1. The monoisotopic (exact) mass is 304 g/mol. The molecule has 0 bridgehead atoms. The van der Waals surface area contributed by atoms with Crippen molar-refractivity contribution in [3.05, 3.63) is 64.4 Å². The highest BCUT2D eigenvalue weighted by Gasteiger charge is 2.11. The SMILES string of the molecule is O=C(NCCc1ccccc1C(=O)O)c1ccncc1Cl. The Balaban J connectivity index is 1.98. The van der Waals surface area contributed by atoms with Crippen LogP contribution in [0, 0.1) is 0 Å². The van der Waals surface area contributed by atoms with Gasteiger partial charge in [0, 0.05) is 18.9 Å². The lowest BCUT2D eigenvalue weighted by Crippen LogP contribution is -2.26. The number of pyridine rings is 1. The summed E-state index contributed by atoms with van der Waals surface area (Å²) in [6, 6.07) is 8.24. The highest BCUT2D eigenvalue weighted by molar-refractivity contribution is 6.33. The first kappa shape index (κ1) is 15.0. The number of halogens is 1. The summed E-state index contributed by atoms with van der Waals surface area (Å²) in [5.74, 6) is -1.29. The molecule has 1 aromatic heterocycles. The van der Waals surface area contributed by atoms with Crippen LogP contribution in [-0.2, 0) is 6.42 Å². The van der Waals surface area contributed by atoms with E-state index in [1.807, 2.05) is 0 Å². The smallest absolute Gasteiger partial charge is 0.335 e. The van der Waals surface area contributed by atoms with Gasteiger partial charge in [0.2, 0.25) is 0 Å². The summed E-state index contributed by atoms with van der Waals surface area (Å²) in [6.45, 7) is 0.321. The topological polar surface area (TPSA) is 79.3 Å². The van der Waals surface area contributed by atoms with Crippen molar-refractivity contribution in [3.8, 4) is 0 Å². The van der Waals surface area contributed by atoms with Gasteiger partial charge in [-0.3, -0.25) is 9.78 Å². The normalized spacial score (nSPS) is 10.1. The van der Waals surface area contributed by atoms with Crippen LogP contribution < -0.4 is 5.32 Å². The molecule has 0 saturated carbocycles. The number of carbonyl (C=O) groups excluding carboxylic acids is 1. The number of rotatable bonds is 5. The van der Waals surface area contributed by atoms with Crippen molar-refractivity contribution in [2.24, 2.45) is 0 Å². The zero-order valence-electron chi connectivity index (χ0n) is 11.0. The predicted molar refractivity (Wildman–Crippen MR) is 78.7 cm³/mol. The van der Waals surface area contributed by atoms with E-state index >= 15 is 0 Å². The van der Waals surface area contributed by atoms with Crippen LogP contribution in [0.3, 0.4) is 0 Å². The molecular weight excluding hydrogens is 292 g/mol. The summed E-state index contributed by atoms with van der Waals surface area (Å²) in [4.78, 5) is 26.8. The highest BCUT2D eigenvalue weighted by Crippen LogP contribution is 2.13. The van der Waals surface area contributed by atoms with Crippen molar-refractivity contribution in [3.63, 3.8) is 0 Å². The quantitative estimate of drug-likeness (QED) is 0.889. The molecule has 1 amide bonds. The number of hydrogen-bond acceptors (Lipinski definition) is 3. The Bertz CT molecular complexity index is 673. The van der Waals surface area contributed by atoms with Crippen LogP contribution >= 0.6 is 11.6 Å². The van der Waals surface area contributed by atoms with Gasteiger partial charge >= 0.3 is 5.97 Å². The maximum absolute atomic E-state index is 11.9. The molecule has 0 aliphatic carbocycles. The zero-order chi connectivity index (χ0) is 15.2. The van der Waals surface area contributed by atoms with Crippen molar-refractivity contribution in [1.82, 2.24) is 10.3 Å². The summed E-state index contributed by atoms with van der Waals surface area (Å²) in [7, 11) is 0. The van der Waals surface area contributed by atoms with Gasteiger partial charge in [-0.05, 0) is 24.1 Å². The van der Waals surface area contributed by atoms with Crippen molar-refractivity contribution in [1.29, 1.82) is 0 Å². The van der Waals surface area contributed by atoms with Gasteiger partial charge in [0.1, 0.15) is 0 Å². The van der Waals surface area contributed by atoms with Crippen LogP contribution in [0.15, 0.2) is 42.7 Å². The Morgan fingerprint density at radius 3 is 2.67 bits per heavy atom. The van der Waals surface area contributed by atoms with E-state index in [0.29, 0.717) is 24.1 Å². The molecule has 108 valence electrons. The van der Waals surface area contributed by atoms with Gasteiger partial charge in [0.15, 0.2) is 0 Å². The third kappa shape index (κ3) is 3.79. The molecule has 1 heterocycles. The Morgan fingerprint density at radius 2 is 1.95 bits per heavy atom. The molecule has 2 N–H and O–H groups in total. The maximum Gasteiger partial charge on any atom is 0.335 e. The molecular formula is C15H13ClN2O3. The number of aromatic nitrogens is 1. The molecule has 0 radical (unpaired) electrons. The Morgan fingerprint density at radius 1 is 1.19 bits per heavy atom. The molecule has 21 heavy (non-hydrogen) atoms. The molecule has 2 aromatic rings. The minimum Gasteiger partial charge on any atom is -0.478 e. The highest BCUT2D eigenvalue weighted by atomic mass is 35.5. The van der Waals surface area contributed by atoms with Crippen LogP contribution in [-0.4, -0.2) is 28.5 Å². The summed E-state index contributed by atoms with van der Waals surface area (Å²) >= 11 is 5.88. The van der Waals surface area contributed by atoms with E-state index < -0.39 is 5.97 Å². The molecule has 0 saturated heterocycles. The van der Waals surface area contributed by atoms with E-state index in [0.717, 1.165) is 0 Å². The fraction of sp³-hybridized carbons (Fsp3) is 0.133. The second kappa shape index (κ2) is 6.85. The zero-order valence-corrected chi connectivity index (χ0v) is 11.8. The van der Waals surface area contributed by atoms with Crippen LogP contribution in [0.1, 0.15) is 26.3 Å². The third-order valence-electron chi connectivity index (χ3n) is 2.94. The van der Waals surface area contributed by atoms with Crippen LogP contribution in [0.5, 0.6) is 0 Å². The number of benzene rings is 1. The Hall–Kier alpha value is -2.40. The lowest BCUT2D eigenvalue weighted by Gasteiger charge is -2.08. The third-order valence-corrected chi connectivity index (χ3v) is 3.25. The van der Waals surface area contributed by atoms with Gasteiger partial charge in [-0.2, -0.15) is 0 Å². The van der Waals surface area contributed by atoms with Gasteiger partial charge in [-0.25, -0.2) is 4.79 Å². The van der Waals surface area contributed by atoms with Crippen molar-refractivity contribution >= 4 is 23.5 Å². The second-order valence-corrected chi connectivity index (χ2v) is 4.73. The summed E-state index contributed by atoms with van der Waals surface area (Å²) in [6.07, 6.45) is 3.31. The van der Waals surface area contributed by atoms with E-state index in [9.17, 15) is 9.59 Å². The van der Waals surface area contributed by atoms with Gasteiger partial charge in [-0.1, -0.05) is 29.8 Å². The lowest BCUT2D eigenvalue weighted by molar-refractivity contribution is 0.0695. The Kier molecular flexibility index (Phi) is 4.90. The van der Waals surface area contributed by atoms with E-state index in [2.05, 4.69) is 10.3 Å². The van der Waals surface area contributed by atoms with Gasteiger partial charge in [0.05, 0.1) is 16.1 Å². The van der Waals surface area contributed by atoms with Crippen LogP contribution in [0.4, 0.5) is 0 Å². The van der Waals surface area contributed by atoms with Gasteiger partial charge < -0.3 is 10.4 Å². The maximum atomic E-state index is 11.9. The van der Waals surface area contributed by atoms with Crippen LogP contribution in [0.25, 0.3) is 0 Å². The first-order chi connectivity index (χ1) is 10.1. The number of nitrogens with one attached hydrogen (secondary N) is 1. The fourth-order valence-electron chi connectivity index (χ4n) is 1.91. The second-order valence-electron chi connectivity index (χ2n) is 4.32. The summed E-state index contributed by atoms with van der Waals surface area (Å²) in [5.41, 5.74) is 1.26. The predicted octanol–water partition coefficient (Wildman–Crippen LogP) is 2.41. The largest absolute Gasteiger partial charge is 0.478 e. The number of carboxylic acids is 1. The molecule has 0 fully saturated rings. The molecule has 0 unspecified atom stereocenters. The molecule has 1 aromatic carbocycles. The fourth-order valence-corrected chi connectivity index (χ4v) is 2.12. The minimum absolute atomic E-state index is 0.244. The standard InChI is InChI=1S/C15H13ClN2O3/c16-13-9-17-7-6-12(13)14(19)18-8-5-10-3-1-2-4-11(10)15(20)21/h1-4,6-7,9H,5,8H2,(H,18,19)(H,20,21). The first-order valence-electron chi connectivity index (χ1n) is 6.28. The van der Waals surface area contributed by atoms with Gasteiger partial charge in [0.25, 0.3) is 5.91 Å². The molecule has 0 aliphatic rings. The van der Waals surface area contributed by atoms with Crippen molar-refractivity contribution in [2.75, 3.05) is 6.54 Å². The molecule has 0 spiro atoms. The number of carboxylic acid groups (broad SMARTS) is 1.